The summed E-state index contributed by atoms with van der Waals surface area (Å²) in [4.78, 5) is 2.25. The van der Waals surface area contributed by atoms with Crippen molar-refractivity contribution < 1.29 is 18.3 Å². The third kappa shape index (κ3) is 4.89. The summed E-state index contributed by atoms with van der Waals surface area (Å²) in [6.45, 7) is 6.30. The minimum absolute atomic E-state index is 0.174. The maximum atomic E-state index is 12.5. The number of ether oxygens (including phenoxy) is 1. The van der Waals surface area contributed by atoms with E-state index < -0.39 is 16.1 Å². The summed E-state index contributed by atoms with van der Waals surface area (Å²) < 4.78 is 31.9. The zero-order valence-electron chi connectivity index (χ0n) is 12.9. The number of aliphatic hydroxyl groups excluding tert-OH is 1. The molecule has 6 nitrogen and oxygen atoms in total. The molecule has 2 aliphatic heterocycles. The standard InChI is InChI=1S/C14H28N2O4S/c1-13(17)14-5-2-3-7-16(14)21(18,19)12-4-6-15-8-10-20-11-9-15/h13-14,17H,2-12H2,1H3. The molecule has 2 heterocycles. The quantitative estimate of drug-likeness (QED) is 0.761. The van der Waals surface area contributed by atoms with Gasteiger partial charge < -0.3 is 9.84 Å². The Kier molecular flexibility index (Phi) is 6.43. The van der Waals surface area contributed by atoms with Gasteiger partial charge in [-0.05, 0) is 32.7 Å². The Morgan fingerprint density at radius 2 is 1.95 bits per heavy atom. The van der Waals surface area contributed by atoms with Gasteiger partial charge >= 0.3 is 0 Å². The average molecular weight is 320 g/mol. The van der Waals surface area contributed by atoms with Crippen molar-refractivity contribution in [3.05, 3.63) is 0 Å². The molecule has 2 rings (SSSR count). The van der Waals surface area contributed by atoms with E-state index in [9.17, 15) is 13.5 Å². The van der Waals surface area contributed by atoms with Crippen molar-refractivity contribution in [1.29, 1.82) is 0 Å². The van der Waals surface area contributed by atoms with Gasteiger partial charge in [-0.1, -0.05) is 6.42 Å². The fourth-order valence-corrected chi connectivity index (χ4v) is 5.00. The maximum Gasteiger partial charge on any atom is 0.214 e. The monoisotopic (exact) mass is 320 g/mol. The van der Waals surface area contributed by atoms with E-state index in [1.807, 2.05) is 0 Å². The second-order valence-electron chi connectivity index (χ2n) is 6.04. The van der Waals surface area contributed by atoms with Gasteiger partial charge in [-0.2, -0.15) is 4.31 Å². The lowest BCUT2D eigenvalue weighted by Crippen LogP contribution is -2.49. The van der Waals surface area contributed by atoms with Crippen LogP contribution < -0.4 is 0 Å². The molecule has 2 atom stereocenters. The first-order chi connectivity index (χ1) is 10.0. The summed E-state index contributed by atoms with van der Waals surface area (Å²) in [6.07, 6.45) is 2.70. The van der Waals surface area contributed by atoms with E-state index in [0.717, 1.165) is 52.1 Å². The van der Waals surface area contributed by atoms with Crippen LogP contribution in [0.15, 0.2) is 0 Å². The van der Waals surface area contributed by atoms with E-state index in [1.165, 1.54) is 0 Å². The van der Waals surface area contributed by atoms with Crippen molar-refractivity contribution >= 4 is 10.0 Å². The van der Waals surface area contributed by atoms with Crippen molar-refractivity contribution in [1.82, 2.24) is 9.21 Å². The fourth-order valence-electron chi connectivity index (χ4n) is 3.17. The molecular formula is C14H28N2O4S. The summed E-state index contributed by atoms with van der Waals surface area (Å²) in [5, 5.41) is 9.81. The molecule has 1 N–H and O–H groups in total. The molecule has 0 aromatic carbocycles. The molecule has 0 bridgehead atoms. The van der Waals surface area contributed by atoms with Gasteiger partial charge in [-0.15, -0.1) is 0 Å². The van der Waals surface area contributed by atoms with Gasteiger partial charge in [0.05, 0.1) is 31.1 Å². The number of piperidine rings is 1. The highest BCUT2D eigenvalue weighted by Crippen LogP contribution is 2.23. The fraction of sp³-hybridized carbons (Fsp3) is 1.00. The van der Waals surface area contributed by atoms with Crippen LogP contribution in [0.2, 0.25) is 0 Å². The average Bonchev–Trinajstić information content (AvgIpc) is 2.48. The topological polar surface area (TPSA) is 70.1 Å². The predicted octanol–water partition coefficient (Wildman–Crippen LogP) is 0.274. The zero-order valence-corrected chi connectivity index (χ0v) is 13.7. The Balaban J connectivity index is 1.84. The van der Waals surface area contributed by atoms with Crippen molar-refractivity contribution in [2.45, 2.75) is 44.8 Å². The van der Waals surface area contributed by atoms with Crippen molar-refractivity contribution in [2.24, 2.45) is 0 Å². The van der Waals surface area contributed by atoms with Crippen LogP contribution in [-0.2, 0) is 14.8 Å². The van der Waals surface area contributed by atoms with Gasteiger partial charge in [0.1, 0.15) is 0 Å². The van der Waals surface area contributed by atoms with Crippen LogP contribution in [0.5, 0.6) is 0 Å². The van der Waals surface area contributed by atoms with E-state index in [-0.39, 0.29) is 11.8 Å². The predicted molar refractivity (Wildman–Crippen MR) is 81.7 cm³/mol. The SMILES string of the molecule is CC(O)C1CCCCN1S(=O)(=O)CCCN1CCOCC1. The first-order valence-electron chi connectivity index (χ1n) is 7.98. The highest BCUT2D eigenvalue weighted by Gasteiger charge is 2.34. The minimum Gasteiger partial charge on any atom is -0.392 e. The summed E-state index contributed by atoms with van der Waals surface area (Å²) in [6, 6.07) is -0.243. The molecule has 0 aliphatic carbocycles. The first-order valence-corrected chi connectivity index (χ1v) is 9.59. The molecule has 0 aromatic rings. The molecule has 21 heavy (non-hydrogen) atoms. The number of nitrogens with zero attached hydrogens (tertiary/aromatic N) is 2. The van der Waals surface area contributed by atoms with Gasteiger partial charge in [0.2, 0.25) is 10.0 Å². The van der Waals surface area contributed by atoms with E-state index >= 15 is 0 Å². The molecule has 2 saturated heterocycles. The second-order valence-corrected chi connectivity index (χ2v) is 8.08. The van der Waals surface area contributed by atoms with Crippen LogP contribution in [-0.4, -0.2) is 80.0 Å². The van der Waals surface area contributed by atoms with Crippen LogP contribution in [0.3, 0.4) is 0 Å². The molecule has 7 heteroatoms. The number of hydrogen-bond donors (Lipinski definition) is 1. The van der Waals surface area contributed by atoms with Gasteiger partial charge in [-0.3, -0.25) is 4.90 Å². The van der Waals surface area contributed by atoms with Crippen LogP contribution in [0, 0.1) is 0 Å². The molecule has 0 radical (unpaired) electrons. The molecule has 0 saturated carbocycles. The van der Waals surface area contributed by atoms with Crippen LogP contribution in [0.25, 0.3) is 0 Å². The summed E-state index contributed by atoms with van der Waals surface area (Å²) in [5.74, 6) is 0.174. The number of morpholine rings is 1. The highest BCUT2D eigenvalue weighted by molar-refractivity contribution is 7.89. The smallest absolute Gasteiger partial charge is 0.214 e. The molecule has 0 spiro atoms. The van der Waals surface area contributed by atoms with Crippen LogP contribution in [0.4, 0.5) is 0 Å². The summed E-state index contributed by atoms with van der Waals surface area (Å²) >= 11 is 0. The van der Waals surface area contributed by atoms with Gasteiger partial charge in [0.15, 0.2) is 0 Å². The number of rotatable bonds is 6. The number of hydrogen-bond acceptors (Lipinski definition) is 5. The Hall–Kier alpha value is -0.210. The molecule has 2 fully saturated rings. The lowest BCUT2D eigenvalue weighted by Gasteiger charge is -2.36. The Morgan fingerprint density at radius 3 is 2.62 bits per heavy atom. The number of sulfonamides is 1. The zero-order chi connectivity index (χ0) is 15.3. The summed E-state index contributed by atoms with van der Waals surface area (Å²) in [7, 11) is -3.26. The van der Waals surface area contributed by atoms with Crippen molar-refractivity contribution in [3.8, 4) is 0 Å². The molecule has 2 aliphatic rings. The minimum atomic E-state index is -3.26. The third-order valence-electron chi connectivity index (χ3n) is 4.39. The van der Waals surface area contributed by atoms with E-state index in [1.54, 1.807) is 11.2 Å². The first kappa shape index (κ1) is 17.1. The van der Waals surface area contributed by atoms with Crippen LogP contribution in [0.1, 0.15) is 32.6 Å². The van der Waals surface area contributed by atoms with E-state index in [2.05, 4.69) is 4.90 Å². The highest BCUT2D eigenvalue weighted by atomic mass is 32.2. The Labute approximate surface area is 128 Å². The van der Waals surface area contributed by atoms with Crippen molar-refractivity contribution in [2.75, 3.05) is 45.1 Å². The Bertz CT molecular complexity index is 407. The molecule has 0 aromatic heterocycles. The molecular weight excluding hydrogens is 292 g/mol. The van der Waals surface area contributed by atoms with Gasteiger partial charge in [-0.25, -0.2) is 8.42 Å². The van der Waals surface area contributed by atoms with Crippen molar-refractivity contribution in [3.63, 3.8) is 0 Å². The molecule has 0 amide bonds. The largest absolute Gasteiger partial charge is 0.392 e. The van der Waals surface area contributed by atoms with Crippen LogP contribution >= 0.6 is 0 Å². The summed E-state index contributed by atoms with van der Waals surface area (Å²) in [5.41, 5.74) is 0. The lowest BCUT2D eigenvalue weighted by atomic mass is 10.0. The normalized spacial score (nSPS) is 27.6. The second kappa shape index (κ2) is 7.87. The lowest BCUT2D eigenvalue weighted by molar-refractivity contribution is 0.0380. The van der Waals surface area contributed by atoms with Gasteiger partial charge in [0.25, 0.3) is 0 Å². The maximum absolute atomic E-state index is 12.5. The number of aliphatic hydroxyl groups is 1. The molecule has 124 valence electrons. The van der Waals surface area contributed by atoms with Gasteiger partial charge in [0, 0.05) is 19.6 Å². The third-order valence-corrected chi connectivity index (χ3v) is 6.37. The van der Waals surface area contributed by atoms with E-state index in [4.69, 9.17) is 4.74 Å². The van der Waals surface area contributed by atoms with E-state index in [0.29, 0.717) is 13.0 Å². The Morgan fingerprint density at radius 1 is 1.24 bits per heavy atom. The molecule has 2 unspecified atom stereocenters.